The molecule has 0 saturated heterocycles. The predicted molar refractivity (Wildman–Crippen MR) is 154 cm³/mol. The molecule has 3 amide bonds. The molecule has 0 unspecified atom stereocenters. The summed E-state index contributed by atoms with van der Waals surface area (Å²) in [6.45, 7) is 9.34. The van der Waals surface area contributed by atoms with Gasteiger partial charge in [0, 0.05) is 42.3 Å². The van der Waals surface area contributed by atoms with Crippen LogP contribution in [0.5, 0.6) is 0 Å². The number of hydrogen-bond acceptors (Lipinski definition) is 5. The third-order valence-electron chi connectivity index (χ3n) is 6.51. The number of aldehydes is 1. The molecular weight excluding hydrogens is 506 g/mol. The first-order valence-electron chi connectivity index (χ1n) is 13.5. The number of amides is 3. The molecule has 8 heteroatoms. The molecule has 0 radical (unpaired) electrons. The second-order valence-corrected chi connectivity index (χ2v) is 11.6. The first-order valence-corrected chi connectivity index (χ1v) is 13.5. The summed E-state index contributed by atoms with van der Waals surface area (Å²) in [5.41, 5.74) is 2.64. The summed E-state index contributed by atoms with van der Waals surface area (Å²) in [5.74, 6) is 5.86. The highest BCUT2D eigenvalue weighted by Crippen LogP contribution is 2.26. The number of nitrogens with zero attached hydrogens (tertiary/aromatic N) is 1. The van der Waals surface area contributed by atoms with Crippen molar-refractivity contribution < 1.29 is 23.9 Å². The molecule has 40 heavy (non-hydrogen) atoms. The van der Waals surface area contributed by atoms with Gasteiger partial charge in [-0.3, -0.25) is 14.4 Å². The van der Waals surface area contributed by atoms with E-state index in [4.69, 9.17) is 4.74 Å². The van der Waals surface area contributed by atoms with Crippen LogP contribution >= 0.6 is 0 Å². The van der Waals surface area contributed by atoms with Crippen molar-refractivity contribution in [1.82, 2.24) is 10.6 Å². The number of ether oxygens (including phenoxy) is 1. The molecule has 0 aliphatic carbocycles. The Balaban J connectivity index is 1.49. The average Bonchev–Trinajstić information content (AvgIpc) is 2.90. The second kappa shape index (κ2) is 13.9. The predicted octanol–water partition coefficient (Wildman–Crippen LogP) is 3.60. The maximum absolute atomic E-state index is 13.3. The minimum atomic E-state index is -0.399. The Kier molecular flexibility index (Phi) is 10.6. The Labute approximate surface area is 236 Å². The van der Waals surface area contributed by atoms with Crippen LogP contribution in [0.15, 0.2) is 48.5 Å². The molecule has 1 heterocycles. The van der Waals surface area contributed by atoms with E-state index in [1.54, 1.807) is 4.90 Å². The lowest BCUT2D eigenvalue weighted by atomic mass is 9.89. The number of fused-ring (bicyclic) bond motifs is 2. The van der Waals surface area contributed by atoms with Crippen LogP contribution in [0.4, 0.5) is 5.69 Å². The van der Waals surface area contributed by atoms with E-state index in [1.165, 1.54) is 0 Å². The summed E-state index contributed by atoms with van der Waals surface area (Å²) >= 11 is 0. The third kappa shape index (κ3) is 9.35. The normalized spacial score (nSPS) is 12.6. The Morgan fingerprint density at radius 1 is 0.875 bits per heavy atom. The summed E-state index contributed by atoms with van der Waals surface area (Å²) in [7, 11) is 0. The van der Waals surface area contributed by atoms with Gasteiger partial charge in [-0.25, -0.2) is 0 Å². The van der Waals surface area contributed by atoms with Gasteiger partial charge in [0.1, 0.15) is 6.29 Å². The zero-order valence-electron chi connectivity index (χ0n) is 23.8. The lowest BCUT2D eigenvalue weighted by Gasteiger charge is -2.29. The quantitative estimate of drug-likeness (QED) is 0.296. The summed E-state index contributed by atoms with van der Waals surface area (Å²) < 4.78 is 5.89. The van der Waals surface area contributed by atoms with E-state index in [0.717, 1.165) is 22.4 Å². The summed E-state index contributed by atoms with van der Waals surface area (Å²) in [6, 6.07) is 15.4. The van der Waals surface area contributed by atoms with Gasteiger partial charge in [0.15, 0.2) is 0 Å². The summed E-state index contributed by atoms with van der Waals surface area (Å²) in [5, 5.41) is 5.47. The van der Waals surface area contributed by atoms with Gasteiger partial charge in [0.25, 0.3) is 0 Å². The van der Waals surface area contributed by atoms with Gasteiger partial charge in [0.2, 0.25) is 17.7 Å². The van der Waals surface area contributed by atoms with Gasteiger partial charge in [-0.1, -0.05) is 69.9 Å². The summed E-state index contributed by atoms with van der Waals surface area (Å²) in [4.78, 5) is 50.1. The van der Waals surface area contributed by atoms with Gasteiger partial charge in [-0.05, 0) is 29.2 Å². The van der Waals surface area contributed by atoms with Crippen LogP contribution in [0.1, 0.15) is 63.6 Å². The van der Waals surface area contributed by atoms with Gasteiger partial charge in [0.05, 0.1) is 32.0 Å². The number of carbonyl (C=O) groups is 4. The van der Waals surface area contributed by atoms with Crippen LogP contribution in [0.25, 0.3) is 0 Å². The maximum Gasteiger partial charge on any atom is 0.227 e. The Morgan fingerprint density at radius 2 is 1.52 bits per heavy atom. The molecule has 0 atom stereocenters. The average molecular weight is 546 g/mol. The minimum Gasteiger partial charge on any atom is -0.380 e. The molecule has 0 aromatic heterocycles. The Bertz CT molecular complexity index is 1290. The molecule has 0 bridgehead atoms. The van der Waals surface area contributed by atoms with Crippen LogP contribution in [0.3, 0.4) is 0 Å². The fourth-order valence-electron chi connectivity index (χ4n) is 4.35. The van der Waals surface area contributed by atoms with E-state index < -0.39 is 5.41 Å². The van der Waals surface area contributed by atoms with E-state index >= 15 is 0 Å². The number of carbonyl (C=O) groups excluding carboxylic acids is 4. The van der Waals surface area contributed by atoms with Crippen molar-refractivity contribution in [2.75, 3.05) is 31.2 Å². The highest BCUT2D eigenvalue weighted by molar-refractivity contribution is 5.96. The maximum atomic E-state index is 13.3. The number of nitrogens with one attached hydrogen (secondary N) is 2. The fraction of sp³-hybridized carbons (Fsp3) is 0.438. The highest BCUT2D eigenvalue weighted by atomic mass is 16.5. The van der Waals surface area contributed by atoms with Crippen molar-refractivity contribution in [2.45, 2.75) is 53.5 Å². The zero-order valence-corrected chi connectivity index (χ0v) is 23.8. The molecule has 1 aliphatic heterocycles. The monoisotopic (exact) mass is 545 g/mol. The van der Waals surface area contributed by atoms with Crippen LogP contribution in [-0.4, -0.2) is 50.3 Å². The third-order valence-corrected chi connectivity index (χ3v) is 6.51. The smallest absolute Gasteiger partial charge is 0.227 e. The van der Waals surface area contributed by atoms with Crippen LogP contribution in [-0.2, 0) is 30.5 Å². The largest absolute Gasteiger partial charge is 0.380 e. The van der Waals surface area contributed by atoms with E-state index in [1.807, 2.05) is 76.2 Å². The molecule has 2 N–H and O–H groups in total. The number of benzene rings is 2. The van der Waals surface area contributed by atoms with Crippen molar-refractivity contribution in [2.24, 2.45) is 10.8 Å². The first kappa shape index (κ1) is 30.6. The molecule has 3 rings (SSSR count). The van der Waals surface area contributed by atoms with Crippen molar-refractivity contribution in [3.8, 4) is 11.8 Å². The summed E-state index contributed by atoms with van der Waals surface area (Å²) in [6.07, 6.45) is 1.04. The molecule has 2 aromatic carbocycles. The van der Waals surface area contributed by atoms with E-state index in [2.05, 4.69) is 22.5 Å². The van der Waals surface area contributed by atoms with Crippen molar-refractivity contribution >= 4 is 29.7 Å². The molecule has 1 aliphatic rings. The van der Waals surface area contributed by atoms with E-state index in [0.29, 0.717) is 32.6 Å². The zero-order chi connectivity index (χ0) is 29.2. The molecule has 212 valence electrons. The van der Waals surface area contributed by atoms with Crippen molar-refractivity contribution in [3.05, 3.63) is 65.2 Å². The molecule has 2 aromatic rings. The van der Waals surface area contributed by atoms with Gasteiger partial charge in [-0.2, -0.15) is 0 Å². The van der Waals surface area contributed by atoms with Crippen LogP contribution < -0.4 is 15.5 Å². The first-order chi connectivity index (χ1) is 19.0. The standard InChI is InChI=1S/C32H39N3O5/c1-31(2,19-29(38)33-17-18-36)22-40-23-32(3,4)21-34-28(37)15-16-30(39)35-20-26-11-6-5-9-24(26)13-14-25-10-7-8-12-27(25)35/h5-12,18H,15-17,19-23H2,1-4H3,(H,33,38)(H,34,37). The number of rotatable bonds is 13. The molecule has 0 saturated carbocycles. The van der Waals surface area contributed by atoms with Gasteiger partial charge >= 0.3 is 0 Å². The van der Waals surface area contributed by atoms with Crippen LogP contribution in [0.2, 0.25) is 0 Å². The van der Waals surface area contributed by atoms with Gasteiger partial charge in [-0.15, -0.1) is 0 Å². The molecular formula is C32H39N3O5. The minimum absolute atomic E-state index is 0.00205. The topological polar surface area (TPSA) is 105 Å². The molecule has 0 fully saturated rings. The second-order valence-electron chi connectivity index (χ2n) is 11.6. The van der Waals surface area contributed by atoms with Crippen LogP contribution in [0, 0.1) is 22.7 Å². The SMILES string of the molecule is CC(C)(CNC(=O)CCC(=O)N1Cc2ccccc2C#Cc2ccccc21)COCC(C)(C)CC(=O)NCC=O. The van der Waals surface area contributed by atoms with Crippen molar-refractivity contribution in [1.29, 1.82) is 0 Å². The highest BCUT2D eigenvalue weighted by Gasteiger charge is 2.26. The number of hydrogen-bond donors (Lipinski definition) is 2. The van der Waals surface area contributed by atoms with E-state index in [9.17, 15) is 19.2 Å². The van der Waals surface area contributed by atoms with Crippen molar-refractivity contribution in [3.63, 3.8) is 0 Å². The molecule has 8 nitrogen and oxygen atoms in total. The van der Waals surface area contributed by atoms with Gasteiger partial charge < -0.3 is 25.1 Å². The molecule has 0 spiro atoms. The number of anilines is 1. The Morgan fingerprint density at radius 3 is 2.27 bits per heavy atom. The Hall–Kier alpha value is -3.96. The number of para-hydroxylation sites is 1. The fourth-order valence-corrected chi connectivity index (χ4v) is 4.35. The lowest BCUT2D eigenvalue weighted by molar-refractivity contribution is -0.126. The van der Waals surface area contributed by atoms with E-state index in [-0.39, 0.29) is 48.9 Å². The lowest BCUT2D eigenvalue weighted by Crippen LogP contribution is -2.39.